The molecule has 0 spiro atoms. The van der Waals surface area contributed by atoms with E-state index in [4.69, 9.17) is 4.74 Å². The van der Waals surface area contributed by atoms with Gasteiger partial charge >= 0.3 is 37.6 Å². The first-order valence-electron chi connectivity index (χ1n) is 8.95. The molecule has 0 atom stereocenters. The molecular weight excluding hydrogens is 443 g/mol. The third kappa shape index (κ3) is 14.6. The third-order valence-corrected chi connectivity index (χ3v) is 5.46. The van der Waals surface area contributed by atoms with E-state index in [1.165, 1.54) is 9.01 Å². The van der Waals surface area contributed by atoms with Crippen LogP contribution in [-0.2, 0) is 25.4 Å². The molecule has 28 heavy (non-hydrogen) atoms. The van der Waals surface area contributed by atoms with Gasteiger partial charge in [-0.2, -0.15) is 6.08 Å². The number of hydrogen-bond donors (Lipinski definition) is 1. The first-order valence-corrected chi connectivity index (χ1v) is 13.2. The molecule has 0 aliphatic heterocycles. The second kappa shape index (κ2) is 14.6. The van der Waals surface area contributed by atoms with E-state index < -0.39 is 8.07 Å². The molecule has 1 N–H and O–H groups in total. The number of allylic oxidation sites excluding steroid dienone is 4. The predicted molar refractivity (Wildman–Crippen MR) is 114 cm³/mol. The number of hydrogen-bond acceptors (Lipinski definition) is 2. The van der Waals surface area contributed by atoms with E-state index in [1.807, 2.05) is 6.07 Å². The Morgan fingerprint density at radius 2 is 1.61 bits per heavy atom. The van der Waals surface area contributed by atoms with Crippen molar-refractivity contribution in [1.29, 1.82) is 0 Å². The van der Waals surface area contributed by atoms with Crippen molar-refractivity contribution in [3.63, 3.8) is 0 Å². The number of benzene rings is 1. The van der Waals surface area contributed by atoms with E-state index >= 15 is 0 Å². The van der Waals surface area contributed by atoms with Gasteiger partial charge in [-0.3, -0.25) is 6.08 Å². The molecule has 2 nitrogen and oxygen atoms in total. The van der Waals surface area contributed by atoms with E-state index in [-0.39, 0.29) is 36.0 Å². The SMILES string of the molecule is COc1cc(O)cc(C(C)(C)C)c1.C[C](C)=[Ti+].C[Si](C)(C)C1=[C-]CC=C1.[Cl-].[Cl-]. The second-order valence-corrected chi connectivity index (χ2v) is 15.2. The zero-order chi connectivity index (χ0) is 20.5. The second-order valence-electron chi connectivity index (χ2n) is 8.62. The van der Waals surface area contributed by atoms with Gasteiger partial charge in [0.1, 0.15) is 11.5 Å². The summed E-state index contributed by atoms with van der Waals surface area (Å²) in [5.41, 5.74) is 1.11. The molecule has 0 saturated carbocycles. The topological polar surface area (TPSA) is 29.5 Å². The summed E-state index contributed by atoms with van der Waals surface area (Å²) < 4.78 is 6.49. The number of rotatable bonds is 2. The Labute approximate surface area is 197 Å². The quantitative estimate of drug-likeness (QED) is 0.480. The van der Waals surface area contributed by atoms with Crippen LogP contribution in [0.3, 0.4) is 0 Å². The predicted octanol–water partition coefficient (Wildman–Crippen LogP) is 0.00499. The largest absolute Gasteiger partial charge is 1.00 e. The van der Waals surface area contributed by atoms with E-state index in [0.29, 0.717) is 5.75 Å². The van der Waals surface area contributed by atoms with Crippen molar-refractivity contribution in [1.82, 2.24) is 0 Å². The van der Waals surface area contributed by atoms with Crippen molar-refractivity contribution < 1.29 is 54.6 Å². The fourth-order valence-corrected chi connectivity index (χ4v) is 3.30. The average Bonchev–Trinajstić information content (AvgIpc) is 3.00. The van der Waals surface area contributed by atoms with Crippen molar-refractivity contribution >= 4 is 11.9 Å². The Bertz CT molecular complexity index is 653. The van der Waals surface area contributed by atoms with Crippen LogP contribution in [0.2, 0.25) is 19.6 Å². The Kier molecular flexibility index (Phi) is 16.9. The van der Waals surface area contributed by atoms with Crippen LogP contribution in [-0.4, -0.2) is 24.1 Å². The van der Waals surface area contributed by atoms with Gasteiger partial charge in [0, 0.05) is 14.1 Å². The molecule has 159 valence electrons. The maximum Gasteiger partial charge on any atom is 0.0393 e. The van der Waals surface area contributed by atoms with Crippen LogP contribution < -0.4 is 29.6 Å². The number of halogens is 2. The van der Waals surface area contributed by atoms with Gasteiger partial charge in [0.15, 0.2) is 0 Å². The molecule has 0 bridgehead atoms. The number of ether oxygens (including phenoxy) is 1. The minimum atomic E-state index is -1.01. The Morgan fingerprint density at radius 3 is 1.89 bits per heavy atom. The molecule has 1 aromatic rings. The molecule has 0 saturated heterocycles. The molecule has 1 aliphatic rings. The van der Waals surface area contributed by atoms with Crippen molar-refractivity contribution in [3.8, 4) is 11.5 Å². The summed E-state index contributed by atoms with van der Waals surface area (Å²) in [5, 5.41) is 10.9. The fourth-order valence-electron chi connectivity index (χ4n) is 2.05. The number of phenolic OH excluding ortho intramolecular Hbond substituents is 1. The van der Waals surface area contributed by atoms with Gasteiger partial charge in [-0.15, -0.1) is 6.42 Å². The van der Waals surface area contributed by atoms with E-state index in [2.05, 4.69) is 92.5 Å². The third-order valence-electron chi connectivity index (χ3n) is 3.50. The minimum absolute atomic E-state index is 0. The van der Waals surface area contributed by atoms with Gasteiger partial charge in [-0.1, -0.05) is 40.4 Å². The van der Waals surface area contributed by atoms with E-state index in [0.717, 1.165) is 12.0 Å². The van der Waals surface area contributed by atoms with E-state index in [9.17, 15) is 5.11 Å². The number of aromatic hydroxyl groups is 1. The molecule has 1 aromatic carbocycles. The molecule has 0 unspecified atom stereocenters. The summed E-state index contributed by atoms with van der Waals surface area (Å²) in [4.78, 5) is 0. The van der Waals surface area contributed by atoms with Crippen LogP contribution in [0.25, 0.3) is 0 Å². The maximum atomic E-state index is 9.41. The van der Waals surface area contributed by atoms with Gasteiger partial charge in [0.05, 0.1) is 7.11 Å². The Morgan fingerprint density at radius 1 is 1.11 bits per heavy atom. The van der Waals surface area contributed by atoms with Crippen molar-refractivity contribution in [2.24, 2.45) is 0 Å². The summed E-state index contributed by atoms with van der Waals surface area (Å²) >= 11 is 2.08. The minimum Gasteiger partial charge on any atom is -1.00 e. The smallest absolute Gasteiger partial charge is 0.0393 e. The van der Waals surface area contributed by atoms with Gasteiger partial charge in [-0.05, 0) is 23.1 Å². The summed E-state index contributed by atoms with van der Waals surface area (Å²) in [6, 6.07) is 5.32. The standard InChI is InChI=1S/C11H16O2.C8H13Si.C3H6.2ClH.Ti/c1-11(2,3)8-5-9(12)7-10(6-8)13-4;1-9(2,3)8-6-4-5-7-8;1-3-2;;;/h5-7,12H,1-4H3;4,6H,5H2,1-3H3;1-2H3;2*1H;/q;-1;;;;+1/p-2. The van der Waals surface area contributed by atoms with E-state index in [1.54, 1.807) is 19.2 Å². The molecule has 0 radical (unpaired) electrons. The monoisotopic (exact) mass is 477 g/mol. The molecule has 0 heterocycles. The van der Waals surface area contributed by atoms with Gasteiger partial charge < -0.3 is 34.7 Å². The van der Waals surface area contributed by atoms with Gasteiger partial charge in [0.25, 0.3) is 0 Å². The zero-order valence-electron chi connectivity index (χ0n) is 18.7. The zero-order valence-corrected chi connectivity index (χ0v) is 22.8. The van der Waals surface area contributed by atoms with Gasteiger partial charge in [0.2, 0.25) is 0 Å². The van der Waals surface area contributed by atoms with Crippen LogP contribution in [0.4, 0.5) is 0 Å². The summed E-state index contributed by atoms with van der Waals surface area (Å²) in [7, 11) is 0.593. The summed E-state index contributed by atoms with van der Waals surface area (Å²) in [6.45, 7) is 17.5. The molecule has 6 heteroatoms. The summed E-state index contributed by atoms with van der Waals surface area (Å²) in [5.74, 6) is 0.953. The molecule has 2 rings (SSSR count). The van der Waals surface area contributed by atoms with Crippen LogP contribution >= 0.6 is 0 Å². The molecule has 0 aromatic heterocycles. The first kappa shape index (κ1) is 32.3. The Balaban J connectivity index is -0.000000366. The van der Waals surface area contributed by atoms with Crippen molar-refractivity contribution in [2.75, 3.05) is 7.11 Å². The number of phenols is 1. The van der Waals surface area contributed by atoms with Crippen molar-refractivity contribution in [2.45, 2.75) is 66.1 Å². The number of methoxy groups -OCH3 is 1. The molecule has 0 amide bonds. The van der Waals surface area contributed by atoms with Crippen LogP contribution in [0.15, 0.2) is 35.5 Å². The van der Waals surface area contributed by atoms with Crippen LogP contribution in [0.5, 0.6) is 11.5 Å². The molecule has 0 fully saturated rings. The molecular formula is C22H35Cl2O2SiTi-2. The average molecular weight is 478 g/mol. The summed E-state index contributed by atoms with van der Waals surface area (Å²) in [6.07, 6.45) is 8.82. The van der Waals surface area contributed by atoms with Crippen molar-refractivity contribution in [3.05, 3.63) is 47.2 Å². The van der Waals surface area contributed by atoms with Crippen LogP contribution in [0.1, 0.15) is 46.6 Å². The fraction of sp³-hybridized carbons (Fsp3) is 0.500. The first-order chi connectivity index (χ1) is 11.8. The normalized spacial score (nSPS) is 12.2. The maximum absolute atomic E-state index is 9.41. The van der Waals surface area contributed by atoms with Gasteiger partial charge in [-0.25, -0.2) is 11.3 Å². The van der Waals surface area contributed by atoms with Crippen LogP contribution in [0, 0.1) is 6.08 Å². The Hall–Kier alpha value is -0.319. The molecule has 1 aliphatic carbocycles.